The molecule has 1 saturated heterocycles. The van der Waals surface area contributed by atoms with Crippen LogP contribution >= 0.6 is 0 Å². The van der Waals surface area contributed by atoms with Gasteiger partial charge in [-0.3, -0.25) is 9.69 Å². The number of piperidine rings is 1. The second-order valence-electron chi connectivity index (χ2n) is 11.0. The molecule has 1 aliphatic carbocycles. The minimum atomic E-state index is -0.648. The van der Waals surface area contributed by atoms with Crippen LogP contribution in [0.3, 0.4) is 0 Å². The van der Waals surface area contributed by atoms with E-state index in [0.717, 1.165) is 64.2 Å². The smallest absolute Gasteiger partial charge is 0.306 e. The summed E-state index contributed by atoms with van der Waals surface area (Å²) in [7, 11) is 0. The highest BCUT2D eigenvalue weighted by Gasteiger charge is 2.28. The molecule has 1 N–H and O–H groups in total. The lowest BCUT2D eigenvalue weighted by molar-refractivity contribution is -0.143. The van der Waals surface area contributed by atoms with Gasteiger partial charge in [-0.2, -0.15) is 0 Å². The van der Waals surface area contributed by atoms with E-state index in [0.29, 0.717) is 24.0 Å². The predicted molar refractivity (Wildman–Crippen MR) is 141 cm³/mol. The molecule has 5 heteroatoms. The summed E-state index contributed by atoms with van der Waals surface area (Å²) in [5, 5.41) is 11.8. The Labute approximate surface area is 210 Å². The highest BCUT2D eigenvalue weighted by atomic mass is 16.5. The van der Waals surface area contributed by atoms with E-state index in [1.165, 1.54) is 29.2 Å². The SMILES string of the molecule is CCC(c1ccc2cc(OC3CCC(COCC(C)C)CC3)ccc2c1)N1CCC(C(=O)O)CC1. The number of carboxylic acid groups (broad SMARTS) is 1. The van der Waals surface area contributed by atoms with E-state index in [2.05, 4.69) is 62.1 Å². The summed E-state index contributed by atoms with van der Waals surface area (Å²) in [6, 6.07) is 13.6. The number of benzene rings is 2. The standard InChI is InChI=1S/C30H43NO4/c1-4-29(31-15-13-23(14-16-31)30(32)33)26-8-7-25-18-28(12-9-24(25)17-26)35-27-10-5-22(6-11-27)20-34-19-21(2)3/h7-9,12,17-18,21-23,27,29H,4-6,10-11,13-16,19-20H2,1-3H3,(H,32,33). The number of carbonyl (C=O) groups is 1. The Hall–Kier alpha value is -2.11. The summed E-state index contributed by atoms with van der Waals surface area (Å²) in [6.07, 6.45) is 7.37. The molecule has 1 unspecified atom stereocenters. The average Bonchev–Trinajstić information content (AvgIpc) is 2.86. The number of rotatable bonds is 10. The molecule has 4 rings (SSSR count). The summed E-state index contributed by atoms with van der Waals surface area (Å²) < 4.78 is 12.2. The second-order valence-corrected chi connectivity index (χ2v) is 11.0. The maximum absolute atomic E-state index is 11.3. The van der Waals surface area contributed by atoms with Crippen molar-refractivity contribution in [1.29, 1.82) is 0 Å². The van der Waals surface area contributed by atoms with Crippen LogP contribution in [0, 0.1) is 17.8 Å². The molecule has 2 aliphatic rings. The lowest BCUT2D eigenvalue weighted by Gasteiger charge is -2.36. The highest BCUT2D eigenvalue weighted by molar-refractivity contribution is 5.84. The summed E-state index contributed by atoms with van der Waals surface area (Å²) in [5.41, 5.74) is 1.32. The summed E-state index contributed by atoms with van der Waals surface area (Å²) in [6.45, 7) is 10.1. The van der Waals surface area contributed by atoms with E-state index >= 15 is 0 Å². The zero-order valence-electron chi connectivity index (χ0n) is 21.7. The van der Waals surface area contributed by atoms with Crippen molar-refractivity contribution in [1.82, 2.24) is 4.90 Å². The summed E-state index contributed by atoms with van der Waals surface area (Å²) >= 11 is 0. The number of nitrogens with zero attached hydrogens (tertiary/aromatic N) is 1. The van der Waals surface area contributed by atoms with Crippen LogP contribution in [0.2, 0.25) is 0 Å². The molecule has 0 aromatic heterocycles. The maximum atomic E-state index is 11.3. The lowest BCUT2D eigenvalue weighted by atomic mass is 9.88. The van der Waals surface area contributed by atoms with Gasteiger partial charge in [-0.25, -0.2) is 0 Å². The molecular weight excluding hydrogens is 438 g/mol. The van der Waals surface area contributed by atoms with Gasteiger partial charge < -0.3 is 14.6 Å². The largest absolute Gasteiger partial charge is 0.490 e. The van der Waals surface area contributed by atoms with Crippen molar-refractivity contribution in [2.45, 2.75) is 77.9 Å². The first kappa shape index (κ1) is 26.0. The van der Waals surface area contributed by atoms with Crippen LogP contribution < -0.4 is 4.74 Å². The van der Waals surface area contributed by atoms with Crippen LogP contribution in [-0.2, 0) is 9.53 Å². The number of ether oxygens (including phenoxy) is 2. The first-order valence-corrected chi connectivity index (χ1v) is 13.7. The molecule has 0 amide bonds. The van der Waals surface area contributed by atoms with Crippen LogP contribution in [0.1, 0.15) is 77.3 Å². The van der Waals surface area contributed by atoms with Gasteiger partial charge >= 0.3 is 5.97 Å². The van der Waals surface area contributed by atoms with Crippen molar-refractivity contribution in [3.05, 3.63) is 42.0 Å². The van der Waals surface area contributed by atoms with Gasteiger partial charge in [-0.15, -0.1) is 0 Å². The van der Waals surface area contributed by atoms with Crippen molar-refractivity contribution >= 4 is 16.7 Å². The Balaban J connectivity index is 1.33. The van der Waals surface area contributed by atoms with Crippen molar-refractivity contribution in [2.24, 2.45) is 17.8 Å². The highest BCUT2D eigenvalue weighted by Crippen LogP contribution is 2.33. The number of fused-ring (bicyclic) bond motifs is 1. The number of hydrogen-bond acceptors (Lipinski definition) is 4. The Morgan fingerprint density at radius 3 is 2.34 bits per heavy atom. The number of hydrogen-bond donors (Lipinski definition) is 1. The quantitative estimate of drug-likeness (QED) is 0.409. The third-order valence-corrected chi connectivity index (χ3v) is 7.83. The van der Waals surface area contributed by atoms with E-state index in [1.54, 1.807) is 0 Å². The monoisotopic (exact) mass is 481 g/mol. The van der Waals surface area contributed by atoms with Crippen molar-refractivity contribution in [3.8, 4) is 5.75 Å². The van der Waals surface area contributed by atoms with Crippen LogP contribution in [0.4, 0.5) is 0 Å². The zero-order valence-corrected chi connectivity index (χ0v) is 21.7. The minimum Gasteiger partial charge on any atom is -0.490 e. The fourth-order valence-electron chi connectivity index (χ4n) is 5.76. The molecular formula is C30H43NO4. The molecule has 2 fully saturated rings. The van der Waals surface area contributed by atoms with Crippen LogP contribution in [-0.4, -0.2) is 48.4 Å². The van der Waals surface area contributed by atoms with Crippen LogP contribution in [0.15, 0.2) is 36.4 Å². The van der Waals surface area contributed by atoms with Crippen LogP contribution in [0.5, 0.6) is 5.75 Å². The predicted octanol–water partition coefficient (Wildman–Crippen LogP) is 6.70. The molecule has 0 bridgehead atoms. The number of aliphatic carboxylic acids is 1. The Morgan fingerprint density at radius 1 is 1.00 bits per heavy atom. The molecule has 2 aromatic carbocycles. The van der Waals surface area contributed by atoms with E-state index in [9.17, 15) is 9.90 Å². The summed E-state index contributed by atoms with van der Waals surface area (Å²) in [4.78, 5) is 13.8. The molecule has 0 radical (unpaired) electrons. The van der Waals surface area contributed by atoms with Gasteiger partial charge in [0, 0.05) is 19.3 Å². The third-order valence-electron chi connectivity index (χ3n) is 7.83. The average molecular weight is 482 g/mol. The first-order chi connectivity index (χ1) is 16.9. The van der Waals surface area contributed by atoms with Gasteiger partial charge in [0.25, 0.3) is 0 Å². The van der Waals surface area contributed by atoms with Gasteiger partial charge in [0.1, 0.15) is 5.75 Å². The Kier molecular flexibility index (Phi) is 9.07. The normalized spacial score (nSPS) is 23.0. The Bertz CT molecular complexity index is 958. The van der Waals surface area contributed by atoms with Gasteiger partial charge in [0.05, 0.1) is 12.0 Å². The second kappa shape index (κ2) is 12.2. The summed E-state index contributed by atoms with van der Waals surface area (Å²) in [5.74, 6) is 1.40. The first-order valence-electron chi connectivity index (χ1n) is 13.7. The topological polar surface area (TPSA) is 59.0 Å². The fraction of sp³-hybridized carbons (Fsp3) is 0.633. The molecule has 1 aliphatic heterocycles. The van der Waals surface area contributed by atoms with Gasteiger partial charge in [-0.1, -0.05) is 39.0 Å². The van der Waals surface area contributed by atoms with Crippen LogP contribution in [0.25, 0.3) is 10.8 Å². The fourth-order valence-corrected chi connectivity index (χ4v) is 5.76. The molecule has 35 heavy (non-hydrogen) atoms. The zero-order chi connectivity index (χ0) is 24.8. The third kappa shape index (κ3) is 6.98. The molecule has 1 heterocycles. The Morgan fingerprint density at radius 2 is 1.69 bits per heavy atom. The van der Waals surface area contributed by atoms with Crippen molar-refractivity contribution in [2.75, 3.05) is 26.3 Å². The van der Waals surface area contributed by atoms with Gasteiger partial charge in [0.2, 0.25) is 0 Å². The van der Waals surface area contributed by atoms with E-state index in [4.69, 9.17) is 9.47 Å². The maximum Gasteiger partial charge on any atom is 0.306 e. The van der Waals surface area contributed by atoms with E-state index in [1.807, 2.05) is 0 Å². The molecule has 0 spiro atoms. The molecule has 192 valence electrons. The molecule has 5 nitrogen and oxygen atoms in total. The number of carboxylic acids is 1. The lowest BCUT2D eigenvalue weighted by Crippen LogP contribution is -2.38. The van der Waals surface area contributed by atoms with Gasteiger partial charge in [-0.05, 0) is 104 Å². The van der Waals surface area contributed by atoms with E-state index in [-0.39, 0.29) is 5.92 Å². The molecule has 1 saturated carbocycles. The number of likely N-dealkylation sites (tertiary alicyclic amines) is 1. The van der Waals surface area contributed by atoms with E-state index < -0.39 is 5.97 Å². The minimum absolute atomic E-state index is 0.188. The van der Waals surface area contributed by atoms with Gasteiger partial charge in [0.15, 0.2) is 0 Å². The van der Waals surface area contributed by atoms with Crippen molar-refractivity contribution < 1.29 is 19.4 Å². The molecule has 2 aromatic rings. The molecule has 1 atom stereocenters. The van der Waals surface area contributed by atoms with Crippen molar-refractivity contribution in [3.63, 3.8) is 0 Å².